The van der Waals surface area contributed by atoms with Crippen LogP contribution in [0.5, 0.6) is 11.5 Å². The van der Waals surface area contributed by atoms with E-state index in [2.05, 4.69) is 20.2 Å². The summed E-state index contributed by atoms with van der Waals surface area (Å²) in [5, 5.41) is 5.16. The fraction of sp³-hybridized carbons (Fsp3) is 0.333. The number of hydrogen-bond acceptors (Lipinski definition) is 9. The molecule has 0 unspecified atom stereocenters. The van der Waals surface area contributed by atoms with Gasteiger partial charge < -0.3 is 24.1 Å². The number of nitrogens with one attached hydrogen (secondary N) is 1. The van der Waals surface area contributed by atoms with Crippen LogP contribution >= 0.6 is 0 Å². The van der Waals surface area contributed by atoms with E-state index in [0.29, 0.717) is 37.0 Å². The van der Waals surface area contributed by atoms with Crippen molar-refractivity contribution in [2.24, 2.45) is 0 Å². The molecule has 1 fully saturated rings. The second-order valence-corrected chi connectivity index (χ2v) is 10.5. The minimum Gasteiger partial charge on any atom is -0.493 e. The van der Waals surface area contributed by atoms with Crippen LogP contribution in [0.2, 0.25) is 0 Å². The zero-order valence-electron chi connectivity index (χ0n) is 18.9. The zero-order chi connectivity index (χ0) is 23.5. The number of benzene rings is 2. The Kier molecular flexibility index (Phi) is 6.25. The summed E-state index contributed by atoms with van der Waals surface area (Å²) >= 11 is 0. The summed E-state index contributed by atoms with van der Waals surface area (Å²) in [6.45, 7) is 2.45. The molecule has 4 aromatic rings. The largest absolute Gasteiger partial charge is 0.493 e. The summed E-state index contributed by atoms with van der Waals surface area (Å²) in [5.74, 6) is 2.33. The van der Waals surface area contributed by atoms with Gasteiger partial charge in [0.2, 0.25) is 0 Å². The molecule has 0 aliphatic carbocycles. The van der Waals surface area contributed by atoms with Gasteiger partial charge in [-0.1, -0.05) is 6.07 Å². The van der Waals surface area contributed by atoms with Crippen LogP contribution in [0.3, 0.4) is 0 Å². The second-order valence-electron chi connectivity index (χ2n) is 8.20. The van der Waals surface area contributed by atoms with E-state index in [9.17, 15) is 8.42 Å². The molecule has 2 aromatic heterocycles. The predicted molar refractivity (Wildman–Crippen MR) is 131 cm³/mol. The number of nitrogens with zero attached hydrogens (tertiary/aromatic N) is 3. The number of rotatable bonds is 8. The monoisotopic (exact) mass is 482 g/mol. The molecule has 178 valence electrons. The molecule has 0 bridgehead atoms. The molecule has 34 heavy (non-hydrogen) atoms. The van der Waals surface area contributed by atoms with Crippen LogP contribution in [0.25, 0.3) is 21.9 Å². The first-order valence-corrected chi connectivity index (χ1v) is 13.0. The molecule has 1 aliphatic heterocycles. The third-order valence-corrected chi connectivity index (χ3v) is 7.59. The molecular weight excluding hydrogens is 456 g/mol. The Morgan fingerprint density at radius 2 is 1.94 bits per heavy atom. The van der Waals surface area contributed by atoms with E-state index in [1.54, 1.807) is 13.4 Å². The van der Waals surface area contributed by atoms with Gasteiger partial charge in [-0.15, -0.1) is 0 Å². The standard InChI is InChI=1S/C24H26N4O5S/c1-31-22-14-18-20(15-23(22)32-10-3-7-28-8-12-34(29,30)13-9-28)25-16-26-24(18)27-19-4-2-5-21-17(19)6-11-33-21/h2,4-6,11,14-16H,3,7-10,12-13H2,1H3,(H,25,26,27). The third-order valence-electron chi connectivity index (χ3n) is 5.98. The lowest BCUT2D eigenvalue weighted by Crippen LogP contribution is -2.40. The van der Waals surface area contributed by atoms with Crippen molar-refractivity contribution in [2.75, 3.05) is 50.2 Å². The average molecular weight is 483 g/mol. The molecular formula is C24H26N4O5S. The number of furan rings is 1. The molecule has 3 heterocycles. The van der Waals surface area contributed by atoms with Crippen molar-refractivity contribution in [3.05, 3.63) is 49.0 Å². The van der Waals surface area contributed by atoms with Gasteiger partial charge in [0.05, 0.1) is 42.7 Å². The van der Waals surface area contributed by atoms with Crippen LogP contribution in [-0.4, -0.2) is 68.1 Å². The van der Waals surface area contributed by atoms with Crippen molar-refractivity contribution in [1.82, 2.24) is 14.9 Å². The van der Waals surface area contributed by atoms with Gasteiger partial charge in [-0.3, -0.25) is 0 Å². The van der Waals surface area contributed by atoms with Crippen LogP contribution in [0, 0.1) is 0 Å². The number of sulfone groups is 1. The molecule has 1 saturated heterocycles. The first kappa shape index (κ1) is 22.4. The van der Waals surface area contributed by atoms with E-state index in [1.165, 1.54) is 6.33 Å². The van der Waals surface area contributed by atoms with Crippen LogP contribution in [0.4, 0.5) is 11.5 Å². The Labute approximate surface area is 197 Å². The van der Waals surface area contributed by atoms with Gasteiger partial charge in [-0.2, -0.15) is 0 Å². The van der Waals surface area contributed by atoms with Crippen LogP contribution in [-0.2, 0) is 9.84 Å². The van der Waals surface area contributed by atoms with Crippen molar-refractivity contribution < 1.29 is 22.3 Å². The summed E-state index contributed by atoms with van der Waals surface area (Å²) in [6.07, 6.45) is 3.96. The van der Waals surface area contributed by atoms with Crippen molar-refractivity contribution in [1.29, 1.82) is 0 Å². The molecule has 5 rings (SSSR count). The van der Waals surface area contributed by atoms with E-state index in [4.69, 9.17) is 13.9 Å². The summed E-state index contributed by atoms with van der Waals surface area (Å²) in [4.78, 5) is 11.0. The molecule has 0 amide bonds. The summed E-state index contributed by atoms with van der Waals surface area (Å²) in [6, 6.07) is 11.4. The van der Waals surface area contributed by atoms with Crippen molar-refractivity contribution >= 4 is 43.2 Å². The van der Waals surface area contributed by atoms with Gasteiger partial charge >= 0.3 is 0 Å². The van der Waals surface area contributed by atoms with E-state index in [1.807, 2.05) is 36.4 Å². The first-order chi connectivity index (χ1) is 16.5. The average Bonchev–Trinajstić information content (AvgIpc) is 3.32. The minimum atomic E-state index is -2.86. The number of anilines is 2. The maximum absolute atomic E-state index is 11.6. The number of methoxy groups -OCH3 is 1. The maximum atomic E-state index is 11.6. The lowest BCUT2D eigenvalue weighted by Gasteiger charge is -2.26. The summed E-state index contributed by atoms with van der Waals surface area (Å²) in [7, 11) is -1.26. The molecule has 1 aliphatic rings. The Balaban J connectivity index is 1.30. The number of hydrogen-bond donors (Lipinski definition) is 1. The molecule has 2 aromatic carbocycles. The normalized spacial score (nSPS) is 16.0. The van der Waals surface area contributed by atoms with Crippen molar-refractivity contribution in [3.63, 3.8) is 0 Å². The topological polar surface area (TPSA) is 107 Å². The van der Waals surface area contributed by atoms with Gasteiger partial charge in [0.15, 0.2) is 21.3 Å². The Morgan fingerprint density at radius 3 is 2.76 bits per heavy atom. The highest BCUT2D eigenvalue weighted by Crippen LogP contribution is 2.35. The van der Waals surface area contributed by atoms with E-state index < -0.39 is 9.84 Å². The quantitative estimate of drug-likeness (QED) is 0.377. The predicted octanol–water partition coefficient (Wildman–Crippen LogP) is 3.63. The number of aromatic nitrogens is 2. The van der Waals surface area contributed by atoms with E-state index >= 15 is 0 Å². The van der Waals surface area contributed by atoms with Gasteiger partial charge in [0.25, 0.3) is 0 Å². The second kappa shape index (κ2) is 9.47. The Hall–Kier alpha value is -3.37. The van der Waals surface area contributed by atoms with Crippen molar-refractivity contribution in [3.8, 4) is 11.5 Å². The number of fused-ring (bicyclic) bond motifs is 2. The summed E-state index contributed by atoms with van der Waals surface area (Å²) in [5.41, 5.74) is 2.41. The fourth-order valence-corrected chi connectivity index (χ4v) is 5.39. The van der Waals surface area contributed by atoms with E-state index in [0.717, 1.165) is 40.5 Å². The third kappa shape index (κ3) is 4.78. The lowest BCUT2D eigenvalue weighted by molar-refractivity contribution is 0.240. The van der Waals surface area contributed by atoms with Gasteiger partial charge in [-0.05, 0) is 30.7 Å². The smallest absolute Gasteiger partial charge is 0.163 e. The first-order valence-electron chi connectivity index (χ1n) is 11.1. The van der Waals surface area contributed by atoms with Gasteiger partial charge in [-0.25, -0.2) is 18.4 Å². The highest BCUT2D eigenvalue weighted by atomic mass is 32.2. The molecule has 1 N–H and O–H groups in total. The summed E-state index contributed by atoms with van der Waals surface area (Å²) < 4.78 is 40.2. The molecule has 0 spiro atoms. The molecule has 0 radical (unpaired) electrons. The SMILES string of the molecule is COc1cc2c(Nc3cccc4occc34)ncnc2cc1OCCCN1CCS(=O)(=O)CC1. The van der Waals surface area contributed by atoms with Gasteiger partial charge in [0, 0.05) is 36.5 Å². The minimum absolute atomic E-state index is 0.234. The van der Waals surface area contributed by atoms with Crippen molar-refractivity contribution in [2.45, 2.75) is 6.42 Å². The van der Waals surface area contributed by atoms with Crippen LogP contribution < -0.4 is 14.8 Å². The molecule has 9 nitrogen and oxygen atoms in total. The highest BCUT2D eigenvalue weighted by Gasteiger charge is 2.21. The molecule has 0 atom stereocenters. The Morgan fingerprint density at radius 1 is 1.09 bits per heavy atom. The maximum Gasteiger partial charge on any atom is 0.163 e. The van der Waals surface area contributed by atoms with Gasteiger partial charge in [0.1, 0.15) is 17.7 Å². The lowest BCUT2D eigenvalue weighted by atomic mass is 10.2. The molecule has 0 saturated carbocycles. The highest BCUT2D eigenvalue weighted by molar-refractivity contribution is 7.91. The van der Waals surface area contributed by atoms with Crippen LogP contribution in [0.1, 0.15) is 6.42 Å². The number of ether oxygens (including phenoxy) is 2. The molecule has 10 heteroatoms. The van der Waals surface area contributed by atoms with E-state index in [-0.39, 0.29) is 11.5 Å². The zero-order valence-corrected chi connectivity index (χ0v) is 19.7. The Bertz CT molecular complexity index is 1410. The fourth-order valence-electron chi connectivity index (χ4n) is 4.11. The van der Waals surface area contributed by atoms with Crippen LogP contribution in [0.15, 0.2) is 53.4 Å².